The monoisotopic (exact) mass is 368 g/mol. The first-order valence-corrected chi connectivity index (χ1v) is 9.58. The van der Waals surface area contributed by atoms with E-state index in [2.05, 4.69) is 9.93 Å². The van der Waals surface area contributed by atoms with Gasteiger partial charge in [-0.25, -0.2) is 4.83 Å². The second-order valence-electron chi connectivity index (χ2n) is 6.02. The van der Waals surface area contributed by atoms with Crippen molar-refractivity contribution in [2.24, 2.45) is 5.10 Å². The molecule has 0 aliphatic heterocycles. The average molecular weight is 368 g/mol. The normalized spacial score (nSPS) is 11.8. The summed E-state index contributed by atoms with van der Waals surface area (Å²) in [5.74, 6) is 0.623. The molecule has 0 saturated heterocycles. The first kappa shape index (κ1) is 17.9. The van der Waals surface area contributed by atoms with E-state index in [0.29, 0.717) is 16.9 Å². The summed E-state index contributed by atoms with van der Waals surface area (Å²) in [4.78, 5) is 2.50. The van der Waals surface area contributed by atoms with Crippen molar-refractivity contribution < 1.29 is 13.2 Å². The lowest BCUT2D eigenvalue weighted by Gasteiger charge is -2.09. The molecular formula is C20H20N2O3S. The zero-order chi connectivity index (χ0) is 18.7. The van der Waals surface area contributed by atoms with E-state index >= 15 is 0 Å². The van der Waals surface area contributed by atoms with Gasteiger partial charge in [-0.05, 0) is 42.3 Å². The lowest BCUT2D eigenvalue weighted by Crippen LogP contribution is -2.19. The second kappa shape index (κ2) is 7.17. The molecule has 3 rings (SSSR count). The fourth-order valence-electron chi connectivity index (χ4n) is 2.90. The molecule has 6 heteroatoms. The highest BCUT2D eigenvalue weighted by molar-refractivity contribution is 7.89. The Morgan fingerprint density at radius 1 is 1.04 bits per heavy atom. The number of aryl methyl sites for hydroxylation is 2. The fourth-order valence-corrected chi connectivity index (χ4v) is 3.92. The predicted octanol–water partition coefficient (Wildman–Crippen LogP) is 3.78. The van der Waals surface area contributed by atoms with Crippen molar-refractivity contribution in [3.05, 3.63) is 71.3 Å². The minimum atomic E-state index is -3.74. The second-order valence-corrected chi connectivity index (χ2v) is 7.65. The van der Waals surface area contributed by atoms with Crippen molar-refractivity contribution in [3.63, 3.8) is 0 Å². The van der Waals surface area contributed by atoms with Crippen LogP contribution >= 0.6 is 0 Å². The first-order valence-electron chi connectivity index (χ1n) is 8.10. The number of hydrogen-bond acceptors (Lipinski definition) is 4. The van der Waals surface area contributed by atoms with Crippen molar-refractivity contribution in [1.82, 2.24) is 4.83 Å². The van der Waals surface area contributed by atoms with E-state index in [1.54, 1.807) is 26.2 Å². The maximum absolute atomic E-state index is 12.5. The molecule has 26 heavy (non-hydrogen) atoms. The first-order chi connectivity index (χ1) is 12.4. The average Bonchev–Trinajstić information content (AvgIpc) is 2.61. The van der Waals surface area contributed by atoms with Gasteiger partial charge < -0.3 is 4.74 Å². The van der Waals surface area contributed by atoms with Gasteiger partial charge in [0.05, 0.1) is 18.2 Å². The number of rotatable bonds is 5. The van der Waals surface area contributed by atoms with Crippen molar-refractivity contribution in [1.29, 1.82) is 0 Å². The minimum absolute atomic E-state index is 0.213. The fraction of sp³-hybridized carbons (Fsp3) is 0.150. The third-order valence-electron chi connectivity index (χ3n) is 4.14. The Hall–Kier alpha value is -2.86. The molecule has 0 bridgehead atoms. The van der Waals surface area contributed by atoms with E-state index in [0.717, 1.165) is 16.3 Å². The lowest BCUT2D eigenvalue weighted by atomic mass is 10.0. The summed E-state index contributed by atoms with van der Waals surface area (Å²) < 4.78 is 30.4. The molecule has 0 unspecified atom stereocenters. The molecule has 0 aliphatic carbocycles. The van der Waals surface area contributed by atoms with Crippen LogP contribution in [0.5, 0.6) is 5.75 Å². The van der Waals surface area contributed by atoms with E-state index < -0.39 is 10.0 Å². The van der Waals surface area contributed by atoms with Gasteiger partial charge in [0, 0.05) is 5.56 Å². The number of benzene rings is 3. The van der Waals surface area contributed by atoms with Crippen LogP contribution < -0.4 is 9.57 Å². The van der Waals surface area contributed by atoms with Crippen LogP contribution in [0, 0.1) is 13.8 Å². The highest BCUT2D eigenvalue weighted by atomic mass is 32.2. The molecule has 0 spiro atoms. The summed E-state index contributed by atoms with van der Waals surface area (Å²) in [6.07, 6.45) is 1.47. The Balaban J connectivity index is 1.94. The molecule has 1 N–H and O–H groups in total. The van der Waals surface area contributed by atoms with Gasteiger partial charge in [-0.3, -0.25) is 0 Å². The van der Waals surface area contributed by atoms with Crippen molar-refractivity contribution >= 4 is 27.0 Å². The van der Waals surface area contributed by atoms with Crippen LogP contribution in [0.25, 0.3) is 10.8 Å². The summed E-state index contributed by atoms with van der Waals surface area (Å²) >= 11 is 0. The number of hydrogen-bond donors (Lipinski definition) is 1. The van der Waals surface area contributed by atoms with Gasteiger partial charge in [0.25, 0.3) is 10.0 Å². The Bertz CT molecular complexity index is 1090. The quantitative estimate of drug-likeness (QED) is 0.550. The number of ether oxygens (including phenoxy) is 1. The molecule has 0 saturated carbocycles. The molecule has 134 valence electrons. The van der Waals surface area contributed by atoms with Gasteiger partial charge in [-0.15, -0.1) is 0 Å². The largest absolute Gasteiger partial charge is 0.496 e. The van der Waals surface area contributed by atoms with E-state index in [1.165, 1.54) is 6.21 Å². The molecule has 0 amide bonds. The summed E-state index contributed by atoms with van der Waals surface area (Å²) in [6.45, 7) is 3.68. The highest BCUT2D eigenvalue weighted by Gasteiger charge is 2.15. The lowest BCUT2D eigenvalue weighted by molar-refractivity contribution is 0.415. The van der Waals surface area contributed by atoms with Crippen LogP contribution in [-0.4, -0.2) is 21.7 Å². The van der Waals surface area contributed by atoms with Crippen molar-refractivity contribution in [2.75, 3.05) is 7.11 Å². The number of sulfonamides is 1. The molecule has 3 aromatic carbocycles. The van der Waals surface area contributed by atoms with E-state index in [-0.39, 0.29) is 4.90 Å². The van der Waals surface area contributed by atoms with Crippen molar-refractivity contribution in [2.45, 2.75) is 18.7 Å². The highest BCUT2D eigenvalue weighted by Crippen LogP contribution is 2.26. The van der Waals surface area contributed by atoms with Gasteiger partial charge in [0.1, 0.15) is 5.75 Å². The number of nitrogens with one attached hydrogen (secondary N) is 1. The summed E-state index contributed by atoms with van der Waals surface area (Å²) in [7, 11) is -2.17. The maximum atomic E-state index is 12.5. The number of methoxy groups -OCH3 is 1. The Morgan fingerprint density at radius 3 is 2.54 bits per heavy atom. The number of nitrogens with zero attached hydrogens (tertiary/aromatic N) is 1. The van der Waals surface area contributed by atoms with Crippen LogP contribution in [0.1, 0.15) is 16.7 Å². The summed E-state index contributed by atoms with van der Waals surface area (Å²) in [5, 5.41) is 5.92. The van der Waals surface area contributed by atoms with Crippen LogP contribution in [0.2, 0.25) is 0 Å². The van der Waals surface area contributed by atoms with Crippen molar-refractivity contribution in [3.8, 4) is 5.75 Å². The van der Waals surface area contributed by atoms with E-state index in [1.807, 2.05) is 49.4 Å². The third-order valence-corrected chi connectivity index (χ3v) is 5.52. The Morgan fingerprint density at radius 2 is 1.81 bits per heavy atom. The third kappa shape index (κ3) is 3.55. The maximum Gasteiger partial charge on any atom is 0.276 e. The van der Waals surface area contributed by atoms with Gasteiger partial charge in [-0.1, -0.05) is 48.0 Å². The van der Waals surface area contributed by atoms with E-state index in [9.17, 15) is 8.42 Å². The zero-order valence-electron chi connectivity index (χ0n) is 14.9. The summed E-state index contributed by atoms with van der Waals surface area (Å²) in [6, 6.07) is 16.7. The molecule has 0 aromatic heterocycles. The van der Waals surface area contributed by atoms with Gasteiger partial charge in [0.2, 0.25) is 0 Å². The van der Waals surface area contributed by atoms with Gasteiger partial charge >= 0.3 is 0 Å². The Labute approximate surface area is 153 Å². The van der Waals surface area contributed by atoms with Crippen LogP contribution in [-0.2, 0) is 10.0 Å². The standard InChI is InChI=1S/C20H20N2O3S/c1-14-8-11-20(15(2)12-14)26(23,24)22-21-13-18-17-7-5-4-6-16(17)9-10-19(18)25-3/h4-13,22H,1-3H3/b21-13+. The smallest absolute Gasteiger partial charge is 0.276 e. The molecule has 3 aromatic rings. The van der Waals surface area contributed by atoms with Crippen LogP contribution in [0.15, 0.2) is 64.6 Å². The topological polar surface area (TPSA) is 67.8 Å². The Kier molecular flexibility index (Phi) is 4.95. The van der Waals surface area contributed by atoms with Crippen LogP contribution in [0.4, 0.5) is 0 Å². The molecule has 0 fully saturated rings. The zero-order valence-corrected chi connectivity index (χ0v) is 15.7. The molecular weight excluding hydrogens is 348 g/mol. The molecule has 0 atom stereocenters. The minimum Gasteiger partial charge on any atom is -0.496 e. The number of fused-ring (bicyclic) bond motifs is 1. The van der Waals surface area contributed by atoms with Gasteiger partial charge in [0.15, 0.2) is 0 Å². The van der Waals surface area contributed by atoms with Gasteiger partial charge in [-0.2, -0.15) is 13.5 Å². The SMILES string of the molecule is COc1ccc2ccccc2c1/C=N/NS(=O)(=O)c1ccc(C)cc1C. The summed E-state index contributed by atoms with van der Waals surface area (Å²) in [5.41, 5.74) is 2.40. The van der Waals surface area contributed by atoms with Crippen LogP contribution in [0.3, 0.4) is 0 Å². The molecule has 0 heterocycles. The molecule has 0 aliphatic rings. The predicted molar refractivity (Wildman–Crippen MR) is 104 cm³/mol. The molecule has 5 nitrogen and oxygen atoms in total. The number of hydrazone groups is 1. The van der Waals surface area contributed by atoms with E-state index in [4.69, 9.17) is 4.74 Å². The molecule has 0 radical (unpaired) electrons.